The molecule has 1 amide bonds. The number of carbonyl (C=O) groups excluding carboxylic acids is 1. The van der Waals surface area contributed by atoms with E-state index in [0.717, 1.165) is 15.5 Å². The Morgan fingerprint density at radius 1 is 1.17 bits per heavy atom. The summed E-state index contributed by atoms with van der Waals surface area (Å²) in [7, 11) is 2.98. The Bertz CT molecular complexity index is 1010. The summed E-state index contributed by atoms with van der Waals surface area (Å²) in [6, 6.07) is 8.83. The van der Waals surface area contributed by atoms with Crippen LogP contribution in [-0.2, 0) is 20.6 Å². The van der Waals surface area contributed by atoms with Crippen molar-refractivity contribution < 1.29 is 4.79 Å². The van der Waals surface area contributed by atoms with Crippen LogP contribution in [0, 0.1) is 0 Å². The first-order valence-corrected chi connectivity index (χ1v) is 7.09. The van der Waals surface area contributed by atoms with Gasteiger partial charge in [-0.05, 0) is 6.07 Å². The fraction of sp³-hybridized carbons (Fsp3) is 0.188. The predicted octanol–water partition coefficient (Wildman–Crippen LogP) is 0.495. The highest BCUT2D eigenvalue weighted by atomic mass is 16.2. The first kappa shape index (κ1) is 14.8. The number of nitrogens with one attached hydrogen (secondary N) is 2. The molecule has 0 spiro atoms. The van der Waals surface area contributed by atoms with Crippen molar-refractivity contribution in [2.24, 2.45) is 14.1 Å². The Morgan fingerprint density at radius 2 is 1.91 bits per heavy atom. The average Bonchev–Trinajstić information content (AvgIpc) is 2.99. The number of hydrogen-bond acceptors (Lipinski definition) is 3. The van der Waals surface area contributed by atoms with Crippen molar-refractivity contribution in [1.29, 1.82) is 0 Å². The standard InChI is InChI=1S/C16H16N4O3/c1-19-10(7-14(21)20(2)16(19)23)8-18-15(22)12-9-17-13-6-4-3-5-11(12)13/h3-7,9,17H,8H2,1-2H3,(H,18,22). The van der Waals surface area contributed by atoms with Gasteiger partial charge < -0.3 is 10.3 Å². The molecule has 0 bridgehead atoms. The lowest BCUT2D eigenvalue weighted by molar-refractivity contribution is 0.0951. The maximum absolute atomic E-state index is 12.3. The Kier molecular flexibility index (Phi) is 3.61. The number of hydrogen-bond donors (Lipinski definition) is 2. The molecule has 3 aromatic rings. The molecule has 0 unspecified atom stereocenters. The summed E-state index contributed by atoms with van der Waals surface area (Å²) >= 11 is 0. The SMILES string of the molecule is Cn1c(CNC(=O)c2c[nH]c3ccccc23)cc(=O)n(C)c1=O. The lowest BCUT2D eigenvalue weighted by atomic mass is 10.1. The molecule has 2 N–H and O–H groups in total. The van der Waals surface area contributed by atoms with Crippen LogP contribution in [0.5, 0.6) is 0 Å². The fourth-order valence-corrected chi connectivity index (χ4v) is 2.47. The van der Waals surface area contributed by atoms with Crippen LogP contribution in [0.15, 0.2) is 46.1 Å². The van der Waals surface area contributed by atoms with Crippen LogP contribution in [0.1, 0.15) is 16.1 Å². The fourth-order valence-electron chi connectivity index (χ4n) is 2.47. The highest BCUT2D eigenvalue weighted by molar-refractivity contribution is 6.06. The first-order chi connectivity index (χ1) is 11.0. The minimum Gasteiger partial charge on any atom is -0.360 e. The number of carbonyl (C=O) groups is 1. The van der Waals surface area contributed by atoms with Crippen molar-refractivity contribution in [3.63, 3.8) is 0 Å². The molecule has 0 aliphatic carbocycles. The van der Waals surface area contributed by atoms with Gasteiger partial charge in [0.25, 0.3) is 11.5 Å². The third-order valence-electron chi connectivity index (χ3n) is 3.89. The van der Waals surface area contributed by atoms with E-state index in [9.17, 15) is 14.4 Å². The summed E-state index contributed by atoms with van der Waals surface area (Å²) in [6.07, 6.45) is 1.64. The summed E-state index contributed by atoms with van der Waals surface area (Å²) in [5.74, 6) is -0.268. The Hall–Kier alpha value is -3.09. The van der Waals surface area contributed by atoms with E-state index in [2.05, 4.69) is 10.3 Å². The molecule has 2 aromatic heterocycles. The van der Waals surface area contributed by atoms with Crippen LogP contribution in [0.25, 0.3) is 10.9 Å². The van der Waals surface area contributed by atoms with Crippen LogP contribution in [0.3, 0.4) is 0 Å². The molecule has 23 heavy (non-hydrogen) atoms. The van der Waals surface area contributed by atoms with Gasteiger partial charge in [-0.2, -0.15) is 0 Å². The zero-order valence-corrected chi connectivity index (χ0v) is 12.8. The van der Waals surface area contributed by atoms with Gasteiger partial charge in [0.05, 0.1) is 12.1 Å². The van der Waals surface area contributed by atoms with Crippen LogP contribution in [-0.4, -0.2) is 20.0 Å². The van der Waals surface area contributed by atoms with Gasteiger partial charge in [-0.1, -0.05) is 18.2 Å². The quantitative estimate of drug-likeness (QED) is 0.738. The van der Waals surface area contributed by atoms with Crippen molar-refractivity contribution in [3.8, 4) is 0 Å². The number of rotatable bonds is 3. The molecule has 2 heterocycles. The van der Waals surface area contributed by atoms with Gasteiger partial charge in [-0.3, -0.25) is 18.7 Å². The Balaban J connectivity index is 1.85. The normalized spacial score (nSPS) is 10.9. The number of H-pyrrole nitrogens is 1. The highest BCUT2D eigenvalue weighted by Crippen LogP contribution is 2.17. The van der Waals surface area contributed by atoms with Crippen molar-refractivity contribution in [1.82, 2.24) is 19.4 Å². The molecular formula is C16H16N4O3. The van der Waals surface area contributed by atoms with Crippen molar-refractivity contribution in [2.45, 2.75) is 6.54 Å². The van der Waals surface area contributed by atoms with Crippen LogP contribution in [0.4, 0.5) is 0 Å². The molecule has 0 aliphatic rings. The first-order valence-electron chi connectivity index (χ1n) is 7.09. The van der Waals surface area contributed by atoms with E-state index < -0.39 is 11.2 Å². The Labute approximate surface area is 131 Å². The number of fused-ring (bicyclic) bond motifs is 1. The molecular weight excluding hydrogens is 296 g/mol. The van der Waals surface area contributed by atoms with Gasteiger partial charge in [0.2, 0.25) is 0 Å². The van der Waals surface area contributed by atoms with E-state index in [1.165, 1.54) is 17.7 Å². The molecule has 1 aromatic carbocycles. The summed E-state index contributed by atoms with van der Waals surface area (Å²) < 4.78 is 2.36. The van der Waals surface area contributed by atoms with Crippen LogP contribution in [0.2, 0.25) is 0 Å². The molecule has 7 nitrogen and oxygen atoms in total. The summed E-state index contributed by atoms with van der Waals surface area (Å²) in [6.45, 7) is 0.0974. The lowest BCUT2D eigenvalue weighted by Gasteiger charge is -2.10. The van der Waals surface area contributed by atoms with E-state index in [1.54, 1.807) is 13.2 Å². The van der Waals surface area contributed by atoms with E-state index in [-0.39, 0.29) is 12.5 Å². The van der Waals surface area contributed by atoms with Gasteiger partial charge in [0, 0.05) is 43.0 Å². The number of para-hydroxylation sites is 1. The summed E-state index contributed by atoms with van der Waals surface area (Å²) in [5.41, 5.74) is 1.03. The zero-order valence-electron chi connectivity index (χ0n) is 12.8. The molecule has 0 radical (unpaired) electrons. The average molecular weight is 312 g/mol. The lowest BCUT2D eigenvalue weighted by Crippen LogP contribution is -2.39. The topological polar surface area (TPSA) is 88.9 Å². The molecule has 7 heteroatoms. The minimum absolute atomic E-state index is 0.0974. The maximum atomic E-state index is 12.3. The second kappa shape index (κ2) is 5.60. The number of benzene rings is 1. The van der Waals surface area contributed by atoms with Crippen LogP contribution < -0.4 is 16.6 Å². The third-order valence-corrected chi connectivity index (χ3v) is 3.89. The maximum Gasteiger partial charge on any atom is 0.330 e. The molecule has 0 atom stereocenters. The molecule has 0 fully saturated rings. The minimum atomic E-state index is -0.422. The zero-order chi connectivity index (χ0) is 16.6. The molecule has 3 rings (SSSR count). The van der Waals surface area contributed by atoms with Gasteiger partial charge in [0.1, 0.15) is 0 Å². The van der Waals surface area contributed by atoms with Crippen molar-refractivity contribution >= 4 is 16.8 Å². The monoisotopic (exact) mass is 312 g/mol. The van der Waals surface area contributed by atoms with Gasteiger partial charge >= 0.3 is 5.69 Å². The van der Waals surface area contributed by atoms with E-state index >= 15 is 0 Å². The third kappa shape index (κ3) is 2.57. The smallest absolute Gasteiger partial charge is 0.330 e. The van der Waals surface area contributed by atoms with E-state index in [0.29, 0.717) is 11.3 Å². The second-order valence-corrected chi connectivity index (χ2v) is 5.31. The van der Waals surface area contributed by atoms with E-state index in [4.69, 9.17) is 0 Å². The van der Waals surface area contributed by atoms with Gasteiger partial charge in [-0.15, -0.1) is 0 Å². The number of nitrogens with zero attached hydrogens (tertiary/aromatic N) is 2. The highest BCUT2D eigenvalue weighted by Gasteiger charge is 2.12. The summed E-state index contributed by atoms with van der Waals surface area (Å²) in [5, 5.41) is 3.56. The van der Waals surface area contributed by atoms with Gasteiger partial charge in [-0.25, -0.2) is 4.79 Å². The predicted molar refractivity (Wildman–Crippen MR) is 86.4 cm³/mol. The van der Waals surface area contributed by atoms with Crippen molar-refractivity contribution in [3.05, 3.63) is 68.6 Å². The molecule has 0 saturated heterocycles. The molecule has 118 valence electrons. The largest absolute Gasteiger partial charge is 0.360 e. The van der Waals surface area contributed by atoms with E-state index in [1.807, 2.05) is 24.3 Å². The van der Waals surface area contributed by atoms with Crippen molar-refractivity contribution in [2.75, 3.05) is 0 Å². The number of aromatic amines is 1. The number of amides is 1. The van der Waals surface area contributed by atoms with Gasteiger partial charge in [0.15, 0.2) is 0 Å². The number of aromatic nitrogens is 3. The molecule has 0 aliphatic heterocycles. The van der Waals surface area contributed by atoms with Crippen LogP contribution >= 0.6 is 0 Å². The molecule has 0 saturated carbocycles. The second-order valence-electron chi connectivity index (χ2n) is 5.31. The summed E-state index contributed by atoms with van der Waals surface area (Å²) in [4.78, 5) is 38.9. The Morgan fingerprint density at radius 3 is 2.70 bits per heavy atom.